The minimum absolute atomic E-state index is 0.0679. The van der Waals surface area contributed by atoms with Gasteiger partial charge < -0.3 is 30.7 Å². The minimum Gasteiger partial charge on any atom is -0.459 e. The predicted molar refractivity (Wildman–Crippen MR) is 124 cm³/mol. The van der Waals surface area contributed by atoms with Crippen molar-refractivity contribution in [2.24, 2.45) is 5.92 Å². The molecule has 1 heterocycles. The van der Waals surface area contributed by atoms with E-state index in [-0.39, 0.29) is 35.2 Å². The molecule has 10 heteroatoms. The summed E-state index contributed by atoms with van der Waals surface area (Å²) in [6.07, 6.45) is -2.13. The van der Waals surface area contributed by atoms with E-state index >= 15 is 0 Å². The number of esters is 1. The number of rotatable bonds is 6. The molecular weight excluding hydrogens is 448 g/mol. The van der Waals surface area contributed by atoms with E-state index in [9.17, 15) is 20.1 Å². The fraction of sp³-hybridized carbons (Fsp3) is 0.435. The van der Waals surface area contributed by atoms with Crippen molar-refractivity contribution in [3.63, 3.8) is 0 Å². The molecule has 0 saturated heterocycles. The monoisotopic (exact) mass is 474 g/mol. The van der Waals surface area contributed by atoms with E-state index in [0.29, 0.717) is 17.5 Å². The fourth-order valence-corrected chi connectivity index (χ4v) is 3.78. The number of benzene rings is 1. The van der Waals surface area contributed by atoms with Crippen LogP contribution in [0.25, 0.3) is 0 Å². The smallest absolute Gasteiger partial charge is 0.339 e. The molecular formula is C23H27ClN4O5. The molecule has 1 fully saturated rings. The van der Waals surface area contributed by atoms with Crippen LogP contribution < -0.4 is 10.6 Å². The van der Waals surface area contributed by atoms with E-state index in [0.717, 1.165) is 0 Å². The zero-order valence-electron chi connectivity index (χ0n) is 18.5. The van der Waals surface area contributed by atoms with Crippen LogP contribution in [0.15, 0.2) is 24.3 Å². The van der Waals surface area contributed by atoms with Crippen LogP contribution in [0.2, 0.25) is 5.15 Å². The summed E-state index contributed by atoms with van der Waals surface area (Å²) in [5, 5.41) is 35.9. The number of carbonyl (C=O) groups is 1. The van der Waals surface area contributed by atoms with Crippen LogP contribution in [0.3, 0.4) is 0 Å². The van der Waals surface area contributed by atoms with Crippen molar-refractivity contribution < 1.29 is 24.9 Å². The van der Waals surface area contributed by atoms with Crippen LogP contribution in [0.5, 0.6) is 0 Å². The van der Waals surface area contributed by atoms with Crippen LogP contribution in [-0.2, 0) is 4.74 Å². The first-order valence-electron chi connectivity index (χ1n) is 10.6. The van der Waals surface area contributed by atoms with Crippen LogP contribution in [0, 0.1) is 17.8 Å². The number of aliphatic hydroxyl groups is 3. The predicted octanol–water partition coefficient (Wildman–Crippen LogP) is 1.65. The maximum Gasteiger partial charge on any atom is 0.339 e. The molecule has 0 bridgehead atoms. The zero-order valence-corrected chi connectivity index (χ0v) is 19.3. The third-order valence-electron chi connectivity index (χ3n) is 5.26. The molecule has 3 rings (SSSR count). The molecule has 1 aromatic carbocycles. The lowest BCUT2D eigenvalue weighted by molar-refractivity contribution is 0.00445. The van der Waals surface area contributed by atoms with Gasteiger partial charge >= 0.3 is 5.97 Å². The molecule has 0 radical (unpaired) electrons. The van der Waals surface area contributed by atoms with Gasteiger partial charge in [0, 0.05) is 25.1 Å². The summed E-state index contributed by atoms with van der Waals surface area (Å²) in [6, 6.07) is 6.21. The molecule has 176 valence electrons. The van der Waals surface area contributed by atoms with Crippen LogP contribution in [0.4, 0.5) is 11.8 Å². The Morgan fingerprint density at radius 1 is 1.24 bits per heavy atom. The van der Waals surface area contributed by atoms with Crippen molar-refractivity contribution in [2.45, 2.75) is 44.6 Å². The van der Waals surface area contributed by atoms with Crippen molar-refractivity contribution in [3.05, 3.63) is 46.1 Å². The Morgan fingerprint density at radius 2 is 1.97 bits per heavy atom. The third kappa shape index (κ3) is 5.72. The maximum absolute atomic E-state index is 12.4. The Kier molecular flexibility index (Phi) is 8.10. The molecule has 0 amide bonds. The van der Waals surface area contributed by atoms with Gasteiger partial charge in [0.15, 0.2) is 5.15 Å². The highest BCUT2D eigenvalue weighted by Crippen LogP contribution is 2.31. The van der Waals surface area contributed by atoms with Gasteiger partial charge in [-0.2, -0.15) is 9.97 Å². The van der Waals surface area contributed by atoms with Crippen molar-refractivity contribution in [1.29, 1.82) is 0 Å². The molecule has 1 aliphatic rings. The van der Waals surface area contributed by atoms with Crippen molar-refractivity contribution in [1.82, 2.24) is 9.97 Å². The number of halogens is 1. The van der Waals surface area contributed by atoms with E-state index in [1.54, 1.807) is 45.2 Å². The van der Waals surface area contributed by atoms with Crippen molar-refractivity contribution in [2.75, 3.05) is 24.3 Å². The fourth-order valence-electron chi connectivity index (χ4n) is 3.56. The molecule has 4 atom stereocenters. The van der Waals surface area contributed by atoms with Gasteiger partial charge in [-0.3, -0.25) is 0 Å². The quantitative estimate of drug-likeness (QED) is 0.240. The number of hydrogen-bond donors (Lipinski definition) is 5. The number of ether oxygens (including phenoxy) is 1. The van der Waals surface area contributed by atoms with E-state index in [1.807, 2.05) is 0 Å². The summed E-state index contributed by atoms with van der Waals surface area (Å²) < 4.78 is 5.29. The second-order valence-corrected chi connectivity index (χ2v) is 8.33. The van der Waals surface area contributed by atoms with Crippen LogP contribution in [0.1, 0.15) is 41.8 Å². The second-order valence-electron chi connectivity index (χ2n) is 7.97. The lowest BCUT2D eigenvalue weighted by Gasteiger charge is -2.20. The normalized spacial score (nSPS) is 21.9. The molecule has 2 aromatic rings. The van der Waals surface area contributed by atoms with E-state index < -0.39 is 30.1 Å². The van der Waals surface area contributed by atoms with Gasteiger partial charge in [-0.25, -0.2) is 4.79 Å². The van der Waals surface area contributed by atoms with E-state index in [2.05, 4.69) is 32.4 Å². The van der Waals surface area contributed by atoms with E-state index in [4.69, 9.17) is 16.3 Å². The first-order chi connectivity index (χ1) is 15.7. The Bertz CT molecular complexity index is 1070. The Hall–Kier alpha value is -2.90. The van der Waals surface area contributed by atoms with Gasteiger partial charge in [-0.05, 0) is 32.4 Å². The molecule has 1 saturated carbocycles. The van der Waals surface area contributed by atoms with Gasteiger partial charge in [0.05, 0.1) is 23.8 Å². The SMILES string of the molecule is CNc1nc(Cl)c(C#Cc2ccccc2C(=O)OC(C)C)c(NC2CC(CO)C(O)C2O)n1. The summed E-state index contributed by atoms with van der Waals surface area (Å²) >= 11 is 6.38. The highest BCUT2D eigenvalue weighted by Gasteiger charge is 2.41. The molecule has 0 spiro atoms. The third-order valence-corrected chi connectivity index (χ3v) is 5.53. The number of carbonyl (C=O) groups excluding carboxylic acids is 1. The largest absolute Gasteiger partial charge is 0.459 e. The summed E-state index contributed by atoms with van der Waals surface area (Å²) in [6.45, 7) is 3.28. The second kappa shape index (κ2) is 10.8. The molecule has 33 heavy (non-hydrogen) atoms. The Labute approximate surface area is 197 Å². The number of hydrogen-bond acceptors (Lipinski definition) is 9. The highest BCUT2D eigenvalue weighted by atomic mass is 35.5. The summed E-state index contributed by atoms with van der Waals surface area (Å²) in [5.74, 6) is 5.40. The molecule has 1 aliphatic carbocycles. The van der Waals surface area contributed by atoms with Crippen LogP contribution >= 0.6 is 11.6 Å². The maximum atomic E-state index is 12.4. The summed E-state index contributed by atoms with van der Waals surface area (Å²) in [4.78, 5) is 21.0. The number of nitrogens with zero attached hydrogens (tertiary/aromatic N) is 2. The topological polar surface area (TPSA) is 137 Å². The van der Waals surface area contributed by atoms with Crippen molar-refractivity contribution >= 4 is 29.3 Å². The molecule has 5 N–H and O–H groups in total. The number of anilines is 2. The first-order valence-corrected chi connectivity index (χ1v) is 10.9. The van der Waals surface area contributed by atoms with Gasteiger partial charge in [0.1, 0.15) is 17.5 Å². The van der Waals surface area contributed by atoms with Gasteiger partial charge in [0.2, 0.25) is 5.95 Å². The number of aromatic nitrogens is 2. The summed E-state index contributed by atoms with van der Waals surface area (Å²) in [5.41, 5.74) is 1.02. The Balaban J connectivity index is 1.98. The number of nitrogens with one attached hydrogen (secondary N) is 2. The zero-order chi connectivity index (χ0) is 24.1. The van der Waals surface area contributed by atoms with Gasteiger partial charge in [0.25, 0.3) is 0 Å². The molecule has 4 unspecified atom stereocenters. The summed E-state index contributed by atoms with van der Waals surface area (Å²) in [7, 11) is 1.63. The van der Waals surface area contributed by atoms with Crippen molar-refractivity contribution in [3.8, 4) is 11.8 Å². The van der Waals surface area contributed by atoms with Crippen LogP contribution in [-0.4, -0.2) is 69.3 Å². The van der Waals surface area contributed by atoms with Gasteiger partial charge in [-0.1, -0.05) is 35.6 Å². The Morgan fingerprint density at radius 3 is 2.61 bits per heavy atom. The molecule has 9 nitrogen and oxygen atoms in total. The highest BCUT2D eigenvalue weighted by molar-refractivity contribution is 6.31. The lowest BCUT2D eigenvalue weighted by Crippen LogP contribution is -2.35. The van der Waals surface area contributed by atoms with Gasteiger partial charge in [-0.15, -0.1) is 0 Å². The average Bonchev–Trinajstić information content (AvgIpc) is 3.05. The average molecular weight is 475 g/mol. The lowest BCUT2D eigenvalue weighted by atomic mass is 10.1. The first kappa shape index (κ1) is 24.7. The molecule has 1 aromatic heterocycles. The van der Waals surface area contributed by atoms with E-state index in [1.165, 1.54) is 0 Å². The standard InChI is InChI=1S/C23H27ClN4O5/c1-12(2)33-22(32)15-7-5-4-6-13(15)8-9-16-20(24)27-23(25-3)28-21(16)26-17-10-14(11-29)18(30)19(17)31/h4-7,12,14,17-19,29-31H,10-11H2,1-3H3,(H2,25,26,27,28). The minimum atomic E-state index is -1.11. The number of aliphatic hydroxyl groups excluding tert-OH is 3. The molecule has 0 aliphatic heterocycles.